The Morgan fingerprint density at radius 2 is 1.63 bits per heavy atom. The molecule has 30 heavy (non-hydrogen) atoms. The quantitative estimate of drug-likeness (QED) is 0.647. The lowest BCUT2D eigenvalue weighted by Crippen LogP contribution is -2.39. The van der Waals surface area contributed by atoms with Crippen LogP contribution in [-0.4, -0.2) is 30.1 Å². The van der Waals surface area contributed by atoms with Crippen LogP contribution in [-0.2, 0) is 27.3 Å². The third kappa shape index (κ3) is 8.72. The molecule has 2 aromatic rings. The highest BCUT2D eigenvalue weighted by atomic mass is 19.1. The lowest BCUT2D eigenvalue weighted by molar-refractivity contribution is -0.120. The first kappa shape index (κ1) is 22.9. The van der Waals surface area contributed by atoms with Gasteiger partial charge in [-0.3, -0.25) is 9.59 Å². The lowest BCUT2D eigenvalue weighted by atomic mass is 10.1. The summed E-state index contributed by atoms with van der Waals surface area (Å²) < 4.78 is 18.3. The van der Waals surface area contributed by atoms with Crippen LogP contribution in [0.2, 0.25) is 0 Å². The summed E-state index contributed by atoms with van der Waals surface area (Å²) >= 11 is 0. The highest BCUT2D eigenvalue weighted by molar-refractivity contribution is 5.92. The van der Waals surface area contributed by atoms with Crippen molar-refractivity contribution in [1.29, 1.82) is 0 Å². The molecule has 0 aliphatic carbocycles. The van der Waals surface area contributed by atoms with Crippen molar-refractivity contribution in [2.24, 2.45) is 0 Å². The molecule has 160 valence electrons. The van der Waals surface area contributed by atoms with E-state index in [0.29, 0.717) is 11.3 Å². The second-order valence-corrected chi connectivity index (χ2v) is 7.69. The molecule has 0 saturated carbocycles. The minimum absolute atomic E-state index is 0.0507. The number of ether oxygens (including phenoxy) is 1. The zero-order valence-corrected chi connectivity index (χ0v) is 17.3. The molecule has 8 heteroatoms. The highest BCUT2D eigenvalue weighted by Gasteiger charge is 2.16. The predicted octanol–water partition coefficient (Wildman–Crippen LogP) is 3.15. The Bertz CT molecular complexity index is 909. The number of alkyl carbamates (subject to hydrolysis) is 1. The minimum Gasteiger partial charge on any atom is -0.444 e. The molecular formula is C22H26FN3O4. The van der Waals surface area contributed by atoms with Crippen LogP contribution in [0.3, 0.4) is 0 Å². The van der Waals surface area contributed by atoms with E-state index in [0.717, 1.165) is 5.56 Å². The van der Waals surface area contributed by atoms with Crippen LogP contribution in [0.4, 0.5) is 14.9 Å². The number of carbonyl (C=O) groups excluding carboxylic acids is 3. The van der Waals surface area contributed by atoms with E-state index in [-0.39, 0.29) is 37.1 Å². The molecular weight excluding hydrogens is 389 g/mol. The first-order valence-corrected chi connectivity index (χ1v) is 9.47. The van der Waals surface area contributed by atoms with Gasteiger partial charge in [0.05, 0.1) is 6.42 Å². The van der Waals surface area contributed by atoms with Crippen molar-refractivity contribution in [2.75, 3.05) is 11.9 Å². The summed E-state index contributed by atoms with van der Waals surface area (Å²) in [4.78, 5) is 35.6. The van der Waals surface area contributed by atoms with Crippen LogP contribution < -0.4 is 16.0 Å². The number of amides is 3. The van der Waals surface area contributed by atoms with Gasteiger partial charge in [-0.15, -0.1) is 0 Å². The van der Waals surface area contributed by atoms with Crippen LogP contribution in [0.5, 0.6) is 0 Å². The van der Waals surface area contributed by atoms with Gasteiger partial charge in [0.15, 0.2) is 0 Å². The second kappa shape index (κ2) is 10.4. The minimum atomic E-state index is -0.666. The van der Waals surface area contributed by atoms with Crippen molar-refractivity contribution in [2.45, 2.75) is 39.3 Å². The number of nitrogens with one attached hydrogen (secondary N) is 3. The molecule has 7 nitrogen and oxygen atoms in total. The molecule has 0 spiro atoms. The van der Waals surface area contributed by atoms with Gasteiger partial charge in [-0.2, -0.15) is 0 Å². The van der Waals surface area contributed by atoms with E-state index in [1.54, 1.807) is 57.2 Å². The summed E-state index contributed by atoms with van der Waals surface area (Å²) in [5, 5.41) is 7.82. The molecule has 0 atom stereocenters. The summed E-state index contributed by atoms with van der Waals surface area (Å²) in [6.45, 7) is 5.21. The molecule has 0 saturated heterocycles. The maximum absolute atomic E-state index is 13.2. The summed E-state index contributed by atoms with van der Waals surface area (Å²) in [5.74, 6) is -1.04. The molecule has 2 rings (SSSR count). The average Bonchev–Trinajstić information content (AvgIpc) is 2.63. The lowest BCUT2D eigenvalue weighted by Gasteiger charge is -2.19. The number of anilines is 1. The average molecular weight is 415 g/mol. The number of benzene rings is 2. The van der Waals surface area contributed by atoms with Crippen molar-refractivity contribution in [3.8, 4) is 0 Å². The van der Waals surface area contributed by atoms with Crippen molar-refractivity contribution in [1.82, 2.24) is 10.6 Å². The van der Waals surface area contributed by atoms with Gasteiger partial charge in [0, 0.05) is 12.2 Å². The van der Waals surface area contributed by atoms with E-state index < -0.39 is 11.7 Å². The Kier molecular flexibility index (Phi) is 7.91. The maximum Gasteiger partial charge on any atom is 0.408 e. The number of rotatable bonds is 7. The van der Waals surface area contributed by atoms with Gasteiger partial charge >= 0.3 is 6.09 Å². The highest BCUT2D eigenvalue weighted by Crippen LogP contribution is 2.12. The third-order valence-corrected chi connectivity index (χ3v) is 3.75. The molecule has 0 aromatic heterocycles. The second-order valence-electron chi connectivity index (χ2n) is 7.69. The van der Waals surface area contributed by atoms with Crippen molar-refractivity contribution >= 4 is 23.6 Å². The molecule has 3 amide bonds. The molecule has 0 aliphatic heterocycles. The van der Waals surface area contributed by atoms with Gasteiger partial charge in [0.1, 0.15) is 18.0 Å². The standard InChI is InChI=1S/C22H26FN3O4/c1-22(2,3)30-21(29)25-14-20(28)24-13-16-7-5-9-18(11-16)26-19(27)12-15-6-4-8-17(23)10-15/h4-11H,12-14H2,1-3H3,(H,24,28)(H,25,29)(H,26,27). The molecule has 0 heterocycles. The zero-order valence-electron chi connectivity index (χ0n) is 17.3. The van der Waals surface area contributed by atoms with E-state index in [1.165, 1.54) is 12.1 Å². The summed E-state index contributed by atoms with van der Waals surface area (Å²) in [6, 6.07) is 12.9. The number of carbonyl (C=O) groups is 3. The number of hydrogen-bond acceptors (Lipinski definition) is 4. The Morgan fingerprint density at radius 1 is 0.933 bits per heavy atom. The Hall–Kier alpha value is -3.42. The molecule has 2 aromatic carbocycles. The Balaban J connectivity index is 1.80. The largest absolute Gasteiger partial charge is 0.444 e. The monoisotopic (exact) mass is 415 g/mol. The predicted molar refractivity (Wildman–Crippen MR) is 111 cm³/mol. The molecule has 0 radical (unpaired) electrons. The first-order chi connectivity index (χ1) is 14.1. The van der Waals surface area contributed by atoms with Gasteiger partial charge in [-0.1, -0.05) is 24.3 Å². The van der Waals surface area contributed by atoms with Gasteiger partial charge in [-0.25, -0.2) is 9.18 Å². The van der Waals surface area contributed by atoms with E-state index in [9.17, 15) is 18.8 Å². The van der Waals surface area contributed by atoms with Crippen molar-refractivity contribution in [3.63, 3.8) is 0 Å². The number of hydrogen-bond donors (Lipinski definition) is 3. The molecule has 0 fully saturated rings. The fourth-order valence-corrected chi connectivity index (χ4v) is 2.53. The number of halogens is 1. The maximum atomic E-state index is 13.2. The molecule has 0 unspecified atom stereocenters. The van der Waals surface area contributed by atoms with Gasteiger partial charge in [0.25, 0.3) is 0 Å². The van der Waals surface area contributed by atoms with Crippen LogP contribution in [0, 0.1) is 5.82 Å². The first-order valence-electron chi connectivity index (χ1n) is 9.47. The van der Waals surface area contributed by atoms with Crippen LogP contribution in [0.1, 0.15) is 31.9 Å². The molecule has 0 aliphatic rings. The van der Waals surface area contributed by atoms with Crippen molar-refractivity contribution in [3.05, 3.63) is 65.5 Å². The van der Waals surface area contributed by atoms with E-state index in [4.69, 9.17) is 4.74 Å². The summed E-state index contributed by atoms with van der Waals surface area (Å²) in [7, 11) is 0. The normalized spacial score (nSPS) is 10.8. The van der Waals surface area contributed by atoms with Crippen molar-refractivity contribution < 1.29 is 23.5 Å². The fraction of sp³-hybridized carbons (Fsp3) is 0.318. The van der Waals surface area contributed by atoms with Gasteiger partial charge < -0.3 is 20.7 Å². The van der Waals surface area contributed by atoms with Gasteiger partial charge in [0.2, 0.25) is 11.8 Å². The van der Waals surface area contributed by atoms with Crippen LogP contribution in [0.25, 0.3) is 0 Å². The molecule has 3 N–H and O–H groups in total. The smallest absolute Gasteiger partial charge is 0.408 e. The zero-order chi connectivity index (χ0) is 22.1. The molecule has 0 bridgehead atoms. The Morgan fingerprint density at radius 3 is 2.33 bits per heavy atom. The van der Waals surface area contributed by atoms with E-state index in [1.807, 2.05) is 0 Å². The topological polar surface area (TPSA) is 96.5 Å². The SMILES string of the molecule is CC(C)(C)OC(=O)NCC(=O)NCc1cccc(NC(=O)Cc2cccc(F)c2)c1. The van der Waals surface area contributed by atoms with Crippen LogP contribution >= 0.6 is 0 Å². The fourth-order valence-electron chi connectivity index (χ4n) is 2.53. The Labute approximate surface area is 175 Å². The van der Waals surface area contributed by atoms with Gasteiger partial charge in [-0.05, 0) is 56.2 Å². The third-order valence-electron chi connectivity index (χ3n) is 3.75. The van der Waals surface area contributed by atoms with Crippen LogP contribution in [0.15, 0.2) is 48.5 Å². The summed E-state index contributed by atoms with van der Waals surface area (Å²) in [5.41, 5.74) is 1.27. The van der Waals surface area contributed by atoms with E-state index >= 15 is 0 Å². The van der Waals surface area contributed by atoms with E-state index in [2.05, 4.69) is 16.0 Å². The summed E-state index contributed by atoms with van der Waals surface area (Å²) in [6.07, 6.45) is -0.615.